The quantitative estimate of drug-likeness (QED) is 0.505. The Hall–Kier alpha value is -0.0400. The van der Waals surface area contributed by atoms with E-state index in [4.69, 9.17) is 0 Å². The second kappa shape index (κ2) is 8.06. The van der Waals surface area contributed by atoms with Crippen LogP contribution >= 0.6 is 0 Å². The fourth-order valence-corrected chi connectivity index (χ4v) is 1.41. The molecule has 0 saturated heterocycles. The normalized spacial score (nSPS) is 10.9. The first-order valence-electron chi connectivity index (χ1n) is 4.93. The van der Waals surface area contributed by atoms with Crippen molar-refractivity contribution in [2.75, 3.05) is 6.61 Å². The third-order valence-corrected chi connectivity index (χ3v) is 2.41. The Labute approximate surface area is 70.8 Å². The molecule has 0 bridgehead atoms. The molecule has 0 fully saturated rings. The maximum absolute atomic E-state index is 10.1. The molecule has 0 aromatic heterocycles. The summed E-state index contributed by atoms with van der Waals surface area (Å²) in [6.45, 7) is 4.62. The van der Waals surface area contributed by atoms with Gasteiger partial charge in [0, 0.05) is 0 Å². The zero-order chi connectivity index (χ0) is 8.53. The lowest BCUT2D eigenvalue weighted by atomic mass is 9.96. The molecule has 0 aromatic rings. The lowest BCUT2D eigenvalue weighted by molar-refractivity contribution is 0.185. The van der Waals surface area contributed by atoms with Gasteiger partial charge in [0.2, 0.25) is 0 Å². The third kappa shape index (κ3) is 6.36. The highest BCUT2D eigenvalue weighted by Gasteiger charge is 2.01. The highest BCUT2D eigenvalue weighted by atomic mass is 16.2. The molecule has 0 rings (SSSR count). The maximum Gasteiger partial charge on any atom is 0.0822 e. The standard InChI is InChI=1S/C10H21O/c1-3-10(4-2)8-6-5-7-9-11/h10H,3-9H2,1-2H3. The molecule has 0 saturated carbocycles. The van der Waals surface area contributed by atoms with Crippen molar-refractivity contribution in [3.8, 4) is 0 Å². The van der Waals surface area contributed by atoms with Crippen molar-refractivity contribution < 1.29 is 5.11 Å². The van der Waals surface area contributed by atoms with Crippen LogP contribution in [0.1, 0.15) is 52.4 Å². The van der Waals surface area contributed by atoms with E-state index in [0.29, 0.717) is 0 Å². The monoisotopic (exact) mass is 157 g/mol. The average molecular weight is 157 g/mol. The van der Waals surface area contributed by atoms with E-state index in [1.54, 1.807) is 0 Å². The first kappa shape index (κ1) is 11.0. The van der Waals surface area contributed by atoms with Gasteiger partial charge >= 0.3 is 0 Å². The second-order valence-electron chi connectivity index (χ2n) is 3.24. The van der Waals surface area contributed by atoms with Crippen LogP contribution in [-0.2, 0) is 5.11 Å². The van der Waals surface area contributed by atoms with Gasteiger partial charge in [-0.2, -0.15) is 0 Å². The topological polar surface area (TPSA) is 19.9 Å². The largest absolute Gasteiger partial charge is 0.237 e. The molecule has 67 valence electrons. The molecule has 0 aliphatic carbocycles. The predicted octanol–water partition coefficient (Wildman–Crippen LogP) is 3.41. The molecule has 1 radical (unpaired) electrons. The zero-order valence-electron chi connectivity index (χ0n) is 7.94. The SMILES string of the molecule is CCC(CC)CCCCC[O]. The fourth-order valence-electron chi connectivity index (χ4n) is 1.41. The van der Waals surface area contributed by atoms with Gasteiger partial charge in [-0.15, -0.1) is 0 Å². The van der Waals surface area contributed by atoms with E-state index < -0.39 is 0 Å². The lowest BCUT2D eigenvalue weighted by Gasteiger charge is -2.10. The van der Waals surface area contributed by atoms with E-state index in [-0.39, 0.29) is 6.61 Å². The third-order valence-electron chi connectivity index (χ3n) is 2.41. The van der Waals surface area contributed by atoms with Crippen LogP contribution in [0, 0.1) is 5.92 Å². The molecule has 11 heavy (non-hydrogen) atoms. The van der Waals surface area contributed by atoms with Gasteiger partial charge in [0.05, 0.1) is 6.61 Å². The first-order chi connectivity index (χ1) is 5.35. The number of rotatable bonds is 7. The van der Waals surface area contributed by atoms with Crippen LogP contribution in [0.25, 0.3) is 0 Å². The molecular formula is C10H21O. The predicted molar refractivity (Wildman–Crippen MR) is 48.1 cm³/mol. The van der Waals surface area contributed by atoms with E-state index in [2.05, 4.69) is 13.8 Å². The summed E-state index contributed by atoms with van der Waals surface area (Å²) >= 11 is 0. The van der Waals surface area contributed by atoms with Crippen molar-refractivity contribution in [3.05, 3.63) is 0 Å². The minimum Gasteiger partial charge on any atom is -0.237 e. The van der Waals surface area contributed by atoms with Crippen molar-refractivity contribution >= 4 is 0 Å². The second-order valence-corrected chi connectivity index (χ2v) is 3.24. The van der Waals surface area contributed by atoms with Crippen LogP contribution < -0.4 is 0 Å². The minimum absolute atomic E-state index is 0.114. The smallest absolute Gasteiger partial charge is 0.0822 e. The Balaban J connectivity index is 3.07. The van der Waals surface area contributed by atoms with Crippen molar-refractivity contribution in [2.45, 2.75) is 52.4 Å². The molecule has 0 N–H and O–H groups in total. The van der Waals surface area contributed by atoms with Gasteiger partial charge in [-0.25, -0.2) is 5.11 Å². The molecule has 0 heterocycles. The van der Waals surface area contributed by atoms with Gasteiger partial charge in [0.25, 0.3) is 0 Å². The van der Waals surface area contributed by atoms with E-state index in [0.717, 1.165) is 18.8 Å². The van der Waals surface area contributed by atoms with Crippen molar-refractivity contribution in [1.82, 2.24) is 0 Å². The molecule has 0 unspecified atom stereocenters. The van der Waals surface area contributed by atoms with E-state index in [1.165, 1.54) is 25.7 Å². The molecule has 0 aliphatic heterocycles. The van der Waals surface area contributed by atoms with E-state index >= 15 is 0 Å². The average Bonchev–Trinajstić information content (AvgIpc) is 2.05. The zero-order valence-corrected chi connectivity index (χ0v) is 7.94. The molecular weight excluding hydrogens is 136 g/mol. The molecule has 1 heteroatoms. The maximum atomic E-state index is 10.1. The molecule has 0 spiro atoms. The highest BCUT2D eigenvalue weighted by Crippen LogP contribution is 2.16. The van der Waals surface area contributed by atoms with E-state index in [1.807, 2.05) is 0 Å². The van der Waals surface area contributed by atoms with Gasteiger partial charge in [0.1, 0.15) is 0 Å². The summed E-state index contributed by atoms with van der Waals surface area (Å²) in [7, 11) is 0. The van der Waals surface area contributed by atoms with Crippen molar-refractivity contribution in [1.29, 1.82) is 0 Å². The molecule has 0 aromatic carbocycles. The van der Waals surface area contributed by atoms with Crippen LogP contribution in [0.3, 0.4) is 0 Å². The highest BCUT2D eigenvalue weighted by molar-refractivity contribution is 4.54. The Kier molecular flexibility index (Phi) is 8.03. The van der Waals surface area contributed by atoms with Crippen LogP contribution in [0.4, 0.5) is 0 Å². The number of unbranched alkanes of at least 4 members (excludes halogenated alkanes) is 2. The van der Waals surface area contributed by atoms with Gasteiger partial charge in [-0.3, -0.25) is 0 Å². The van der Waals surface area contributed by atoms with Crippen molar-refractivity contribution in [2.24, 2.45) is 5.92 Å². The fraction of sp³-hybridized carbons (Fsp3) is 1.00. The van der Waals surface area contributed by atoms with Crippen LogP contribution in [0.2, 0.25) is 0 Å². The summed E-state index contributed by atoms with van der Waals surface area (Å²) in [5.41, 5.74) is 0. The minimum atomic E-state index is 0.114. The van der Waals surface area contributed by atoms with Crippen molar-refractivity contribution in [3.63, 3.8) is 0 Å². The summed E-state index contributed by atoms with van der Waals surface area (Å²) < 4.78 is 0. The van der Waals surface area contributed by atoms with E-state index in [9.17, 15) is 5.11 Å². The summed E-state index contributed by atoms with van der Waals surface area (Å²) in [6, 6.07) is 0. The summed E-state index contributed by atoms with van der Waals surface area (Å²) in [5, 5.41) is 10.1. The summed E-state index contributed by atoms with van der Waals surface area (Å²) in [5.74, 6) is 0.904. The van der Waals surface area contributed by atoms with Gasteiger partial charge < -0.3 is 0 Å². The van der Waals surface area contributed by atoms with Crippen LogP contribution in [0.15, 0.2) is 0 Å². The first-order valence-corrected chi connectivity index (χ1v) is 4.93. The molecule has 1 nitrogen and oxygen atoms in total. The number of hydrogen-bond donors (Lipinski definition) is 0. The van der Waals surface area contributed by atoms with Crippen LogP contribution in [-0.4, -0.2) is 6.61 Å². The number of hydrogen-bond acceptors (Lipinski definition) is 0. The Morgan fingerprint density at radius 1 is 1.00 bits per heavy atom. The van der Waals surface area contributed by atoms with Gasteiger partial charge in [0.15, 0.2) is 0 Å². The Bertz CT molecular complexity index is 67.3. The Morgan fingerprint density at radius 2 is 1.64 bits per heavy atom. The van der Waals surface area contributed by atoms with Gasteiger partial charge in [-0.05, 0) is 12.3 Å². The molecule has 0 aliphatic rings. The summed E-state index contributed by atoms with van der Waals surface area (Å²) in [6.07, 6.45) is 7.20. The van der Waals surface area contributed by atoms with Crippen LogP contribution in [0.5, 0.6) is 0 Å². The van der Waals surface area contributed by atoms with Gasteiger partial charge in [-0.1, -0.05) is 46.0 Å². The summed E-state index contributed by atoms with van der Waals surface area (Å²) in [4.78, 5) is 0. The Morgan fingerprint density at radius 3 is 2.09 bits per heavy atom. The molecule has 0 atom stereocenters. The molecule has 0 amide bonds. The lowest BCUT2D eigenvalue weighted by Crippen LogP contribution is -1.96.